The predicted octanol–water partition coefficient (Wildman–Crippen LogP) is 1.69. The third-order valence-electron chi connectivity index (χ3n) is 4.26. The van der Waals surface area contributed by atoms with Gasteiger partial charge in [0.2, 0.25) is 0 Å². The van der Waals surface area contributed by atoms with Gasteiger partial charge < -0.3 is 20.5 Å². The van der Waals surface area contributed by atoms with E-state index in [0.29, 0.717) is 11.6 Å². The van der Waals surface area contributed by atoms with Crippen LogP contribution in [0.5, 0.6) is 5.75 Å². The van der Waals surface area contributed by atoms with Crippen molar-refractivity contribution in [3.8, 4) is 5.75 Å². The van der Waals surface area contributed by atoms with Crippen LogP contribution >= 0.6 is 11.6 Å². The number of carbonyl (C=O) groups is 1. The molecule has 0 saturated carbocycles. The number of amides is 1. The number of ether oxygens (including phenoxy) is 1. The van der Waals surface area contributed by atoms with Crippen LogP contribution in [0.15, 0.2) is 18.2 Å². The van der Waals surface area contributed by atoms with Crippen LogP contribution in [0.4, 0.5) is 0 Å². The van der Waals surface area contributed by atoms with Crippen LogP contribution in [0, 0.1) is 0 Å². The minimum atomic E-state index is -0.311. The van der Waals surface area contributed by atoms with Crippen molar-refractivity contribution in [2.24, 2.45) is 0 Å². The number of aromatic hydroxyl groups is 1. The van der Waals surface area contributed by atoms with E-state index in [9.17, 15) is 9.90 Å². The van der Waals surface area contributed by atoms with E-state index in [1.54, 1.807) is 6.07 Å². The summed E-state index contributed by atoms with van der Waals surface area (Å²) in [6, 6.07) is 4.43. The zero-order chi connectivity index (χ0) is 14.9. The minimum Gasteiger partial charge on any atom is -0.507 e. The maximum Gasteiger partial charge on any atom is 0.255 e. The van der Waals surface area contributed by atoms with Gasteiger partial charge in [-0.2, -0.15) is 0 Å². The average Bonchev–Trinajstić information content (AvgIpc) is 2.84. The van der Waals surface area contributed by atoms with Crippen molar-refractivity contribution in [1.29, 1.82) is 0 Å². The van der Waals surface area contributed by atoms with Crippen molar-refractivity contribution in [2.45, 2.75) is 30.9 Å². The Labute approximate surface area is 128 Å². The monoisotopic (exact) mass is 310 g/mol. The molecule has 2 aliphatic heterocycles. The molecule has 0 radical (unpaired) electrons. The molecule has 2 saturated heterocycles. The lowest BCUT2D eigenvalue weighted by atomic mass is 9.88. The topological polar surface area (TPSA) is 70.6 Å². The summed E-state index contributed by atoms with van der Waals surface area (Å²) in [7, 11) is 0. The summed E-state index contributed by atoms with van der Waals surface area (Å²) in [5, 5.41) is 16.4. The molecule has 1 amide bonds. The molecule has 5 nitrogen and oxygen atoms in total. The first-order valence-corrected chi connectivity index (χ1v) is 7.60. The van der Waals surface area contributed by atoms with E-state index in [1.807, 2.05) is 0 Å². The number of hydrogen-bond acceptors (Lipinski definition) is 4. The molecular weight excluding hydrogens is 292 g/mol. The molecule has 0 aromatic heterocycles. The van der Waals surface area contributed by atoms with Crippen LogP contribution in [0.25, 0.3) is 0 Å². The van der Waals surface area contributed by atoms with Crippen LogP contribution in [0.1, 0.15) is 29.6 Å². The van der Waals surface area contributed by atoms with Crippen LogP contribution < -0.4 is 10.6 Å². The molecule has 1 spiro atoms. The van der Waals surface area contributed by atoms with Crippen molar-refractivity contribution in [3.05, 3.63) is 28.8 Å². The summed E-state index contributed by atoms with van der Waals surface area (Å²) in [5.41, 5.74) is 0.105. The van der Waals surface area contributed by atoms with Crippen LogP contribution in [0.2, 0.25) is 5.02 Å². The highest BCUT2D eigenvalue weighted by atomic mass is 35.5. The lowest BCUT2D eigenvalue weighted by Gasteiger charge is -2.32. The zero-order valence-corrected chi connectivity index (χ0v) is 12.4. The fourth-order valence-electron chi connectivity index (χ4n) is 3.12. The Bertz CT molecular complexity index is 544. The summed E-state index contributed by atoms with van der Waals surface area (Å²) >= 11 is 5.87. The van der Waals surface area contributed by atoms with Crippen molar-refractivity contribution >= 4 is 17.5 Å². The largest absolute Gasteiger partial charge is 0.507 e. The van der Waals surface area contributed by atoms with E-state index in [-0.39, 0.29) is 28.9 Å². The van der Waals surface area contributed by atoms with Gasteiger partial charge in [-0.3, -0.25) is 4.79 Å². The summed E-state index contributed by atoms with van der Waals surface area (Å²) < 4.78 is 5.94. The zero-order valence-electron chi connectivity index (χ0n) is 11.7. The molecule has 2 heterocycles. The highest BCUT2D eigenvalue weighted by Crippen LogP contribution is 2.34. The number of hydrogen-bond donors (Lipinski definition) is 3. The van der Waals surface area contributed by atoms with E-state index >= 15 is 0 Å². The van der Waals surface area contributed by atoms with Gasteiger partial charge in [0.1, 0.15) is 5.75 Å². The Morgan fingerprint density at radius 1 is 1.43 bits per heavy atom. The first-order valence-electron chi connectivity index (χ1n) is 7.22. The summed E-state index contributed by atoms with van der Waals surface area (Å²) in [4.78, 5) is 12.2. The highest BCUT2D eigenvalue weighted by Gasteiger charge is 2.41. The molecule has 0 unspecified atom stereocenters. The number of piperidine rings is 1. The lowest BCUT2D eigenvalue weighted by Crippen LogP contribution is -2.43. The van der Waals surface area contributed by atoms with Gasteiger partial charge in [-0.1, -0.05) is 11.6 Å². The van der Waals surface area contributed by atoms with Gasteiger partial charge in [0.25, 0.3) is 5.91 Å². The smallest absolute Gasteiger partial charge is 0.255 e. The second-order valence-electron chi connectivity index (χ2n) is 5.78. The molecule has 3 rings (SSSR count). The maximum absolute atomic E-state index is 12.2. The molecule has 1 atom stereocenters. The number of benzene rings is 1. The number of halogens is 1. The normalized spacial score (nSPS) is 24.1. The standard InChI is InChI=1S/C15H19ClN2O3/c16-10-1-2-13(19)12(7-10)14(20)18-11-8-15(21-9-11)3-5-17-6-4-15/h1-2,7,11,17,19H,3-6,8-9H2,(H,18,20)/t11-/m0/s1. The van der Waals surface area contributed by atoms with Gasteiger partial charge in [0, 0.05) is 5.02 Å². The van der Waals surface area contributed by atoms with Crippen molar-refractivity contribution in [3.63, 3.8) is 0 Å². The van der Waals surface area contributed by atoms with E-state index in [4.69, 9.17) is 16.3 Å². The molecular formula is C15H19ClN2O3. The SMILES string of the molecule is O=C(N[C@@H]1COC2(CCNCC2)C1)c1cc(Cl)ccc1O. The molecule has 6 heteroatoms. The molecule has 1 aromatic carbocycles. The molecule has 2 fully saturated rings. The number of phenols is 1. The van der Waals surface area contributed by atoms with Crippen molar-refractivity contribution in [1.82, 2.24) is 10.6 Å². The van der Waals surface area contributed by atoms with E-state index in [1.165, 1.54) is 12.1 Å². The second kappa shape index (κ2) is 5.83. The number of carbonyl (C=O) groups excluding carboxylic acids is 1. The van der Waals surface area contributed by atoms with Crippen LogP contribution in [-0.4, -0.2) is 42.4 Å². The molecule has 114 valence electrons. The quantitative estimate of drug-likeness (QED) is 0.777. The Morgan fingerprint density at radius 2 is 2.19 bits per heavy atom. The lowest BCUT2D eigenvalue weighted by molar-refractivity contribution is -0.0194. The summed E-state index contributed by atoms with van der Waals surface area (Å²) in [6.45, 7) is 2.43. The Morgan fingerprint density at radius 3 is 2.95 bits per heavy atom. The van der Waals surface area contributed by atoms with Gasteiger partial charge in [0.05, 0.1) is 23.8 Å². The van der Waals surface area contributed by atoms with Gasteiger partial charge in [-0.15, -0.1) is 0 Å². The molecule has 2 aliphatic rings. The third-order valence-corrected chi connectivity index (χ3v) is 4.50. The number of phenolic OH excluding ortho intramolecular Hbond substituents is 1. The second-order valence-corrected chi connectivity index (χ2v) is 6.22. The first kappa shape index (κ1) is 14.6. The van der Waals surface area contributed by atoms with Crippen LogP contribution in [0.3, 0.4) is 0 Å². The Kier molecular flexibility index (Phi) is 4.06. The number of nitrogens with one attached hydrogen (secondary N) is 2. The summed E-state index contributed by atoms with van der Waals surface area (Å²) in [5.74, 6) is -0.373. The maximum atomic E-state index is 12.2. The molecule has 0 bridgehead atoms. The summed E-state index contributed by atoms with van der Waals surface area (Å²) in [6.07, 6.45) is 2.77. The van der Waals surface area contributed by atoms with E-state index < -0.39 is 0 Å². The van der Waals surface area contributed by atoms with Crippen molar-refractivity contribution < 1.29 is 14.6 Å². The Hall–Kier alpha value is -1.30. The highest BCUT2D eigenvalue weighted by molar-refractivity contribution is 6.31. The fraction of sp³-hybridized carbons (Fsp3) is 0.533. The molecule has 0 aliphatic carbocycles. The molecule has 1 aromatic rings. The minimum absolute atomic E-state index is 0.0195. The van der Waals surface area contributed by atoms with E-state index in [0.717, 1.165) is 32.4 Å². The Balaban J connectivity index is 1.64. The van der Waals surface area contributed by atoms with Gasteiger partial charge in [0.15, 0.2) is 0 Å². The first-order chi connectivity index (χ1) is 10.1. The number of rotatable bonds is 2. The van der Waals surface area contributed by atoms with Crippen molar-refractivity contribution in [2.75, 3.05) is 19.7 Å². The van der Waals surface area contributed by atoms with Gasteiger partial charge >= 0.3 is 0 Å². The molecule has 3 N–H and O–H groups in total. The van der Waals surface area contributed by atoms with Gasteiger partial charge in [-0.25, -0.2) is 0 Å². The molecule has 21 heavy (non-hydrogen) atoms. The third kappa shape index (κ3) is 3.15. The van der Waals surface area contributed by atoms with E-state index in [2.05, 4.69) is 10.6 Å². The predicted molar refractivity (Wildman–Crippen MR) is 79.8 cm³/mol. The van der Waals surface area contributed by atoms with Gasteiger partial charge in [-0.05, 0) is 50.6 Å². The fourth-order valence-corrected chi connectivity index (χ4v) is 3.29. The average molecular weight is 311 g/mol. The van der Waals surface area contributed by atoms with Crippen LogP contribution in [-0.2, 0) is 4.74 Å².